The normalized spacial score (nSPS) is 19.8. The first-order valence-electron chi connectivity index (χ1n) is 1.89. The molecule has 0 atom stereocenters. The molecule has 0 aromatic rings. The van der Waals surface area contributed by atoms with Crippen LogP contribution in [0.15, 0.2) is 4.99 Å². The molecular formula is C3H7N3. The predicted molar refractivity (Wildman–Crippen MR) is 24.2 cm³/mol. The Bertz CT molecular complexity index is 76.1. The average molecular weight is 85.1 g/mol. The van der Waals surface area contributed by atoms with Gasteiger partial charge in [-0.1, -0.05) is 0 Å². The molecule has 0 aromatic carbocycles. The summed E-state index contributed by atoms with van der Waals surface area (Å²) in [6, 6.07) is 0. The van der Waals surface area contributed by atoms with Crippen molar-refractivity contribution in [2.45, 2.75) is 6.92 Å². The molecule has 6 heavy (non-hydrogen) atoms. The Morgan fingerprint density at radius 1 is 1.83 bits per heavy atom. The number of rotatable bonds is 0. The van der Waals surface area contributed by atoms with Gasteiger partial charge < -0.3 is 5.43 Å². The first kappa shape index (κ1) is 3.61. The fraction of sp³-hybridized carbons (Fsp3) is 0.667. The van der Waals surface area contributed by atoms with Crippen molar-refractivity contribution in [3.8, 4) is 0 Å². The molecule has 34 valence electrons. The summed E-state index contributed by atoms with van der Waals surface area (Å²) in [4.78, 5) is 3.93. The predicted octanol–water partition coefficient (Wildman–Crippen LogP) is -0.530. The van der Waals surface area contributed by atoms with Crippen molar-refractivity contribution in [2.24, 2.45) is 4.99 Å². The molecule has 1 aliphatic heterocycles. The van der Waals surface area contributed by atoms with E-state index in [2.05, 4.69) is 15.8 Å². The van der Waals surface area contributed by atoms with Crippen LogP contribution in [0.25, 0.3) is 0 Å². The standard InChI is InChI=1S/C3H7N3/c1-3-4-2-5-6-3/h5H,2H2,1H3,(H,4,6). The molecule has 0 radical (unpaired) electrons. The Morgan fingerprint density at radius 2 is 2.67 bits per heavy atom. The maximum absolute atomic E-state index is 3.93. The van der Waals surface area contributed by atoms with Crippen molar-refractivity contribution < 1.29 is 0 Å². The number of aliphatic imine (C=N–C) groups is 1. The van der Waals surface area contributed by atoms with Gasteiger partial charge in [-0.25, -0.2) is 5.43 Å². The van der Waals surface area contributed by atoms with Gasteiger partial charge in [-0.2, -0.15) is 0 Å². The smallest absolute Gasteiger partial charge is 0.109 e. The number of nitrogens with zero attached hydrogens (tertiary/aromatic N) is 1. The van der Waals surface area contributed by atoms with E-state index in [9.17, 15) is 0 Å². The maximum atomic E-state index is 3.93. The van der Waals surface area contributed by atoms with Gasteiger partial charge in [-0.3, -0.25) is 4.99 Å². The second-order valence-corrected chi connectivity index (χ2v) is 1.20. The molecule has 0 bridgehead atoms. The summed E-state index contributed by atoms with van der Waals surface area (Å²) in [5, 5.41) is 0. The highest BCUT2D eigenvalue weighted by Crippen LogP contribution is 1.73. The van der Waals surface area contributed by atoms with Crippen molar-refractivity contribution in [3.05, 3.63) is 0 Å². The zero-order chi connectivity index (χ0) is 4.41. The molecule has 0 unspecified atom stereocenters. The summed E-state index contributed by atoms with van der Waals surface area (Å²) in [5.74, 6) is 0.968. The zero-order valence-corrected chi connectivity index (χ0v) is 3.65. The molecule has 0 saturated carbocycles. The van der Waals surface area contributed by atoms with Crippen LogP contribution in [0.1, 0.15) is 6.92 Å². The monoisotopic (exact) mass is 85.1 g/mol. The lowest BCUT2D eigenvalue weighted by atomic mass is 10.7. The van der Waals surface area contributed by atoms with Crippen LogP contribution < -0.4 is 10.9 Å². The maximum Gasteiger partial charge on any atom is 0.109 e. The molecule has 0 amide bonds. The second-order valence-electron chi connectivity index (χ2n) is 1.20. The highest BCUT2D eigenvalue weighted by Gasteiger charge is 1.91. The molecule has 2 N–H and O–H groups in total. The van der Waals surface area contributed by atoms with Gasteiger partial charge in [0, 0.05) is 0 Å². The van der Waals surface area contributed by atoms with Crippen LogP contribution in [0, 0.1) is 0 Å². The number of nitrogens with one attached hydrogen (secondary N) is 2. The zero-order valence-electron chi connectivity index (χ0n) is 3.65. The summed E-state index contributed by atoms with van der Waals surface area (Å²) in [6.07, 6.45) is 0. The van der Waals surface area contributed by atoms with Crippen LogP contribution in [0.2, 0.25) is 0 Å². The van der Waals surface area contributed by atoms with Gasteiger partial charge in [0.15, 0.2) is 0 Å². The highest BCUT2D eigenvalue weighted by atomic mass is 15.4. The minimum atomic E-state index is 0.714. The summed E-state index contributed by atoms with van der Waals surface area (Å²) in [7, 11) is 0. The van der Waals surface area contributed by atoms with E-state index >= 15 is 0 Å². The van der Waals surface area contributed by atoms with E-state index < -0.39 is 0 Å². The Balaban J connectivity index is 2.45. The molecule has 0 aromatic heterocycles. The third-order valence-electron chi connectivity index (χ3n) is 0.665. The Morgan fingerprint density at radius 3 is 2.83 bits per heavy atom. The van der Waals surface area contributed by atoms with Crippen molar-refractivity contribution in [2.75, 3.05) is 6.67 Å². The van der Waals surface area contributed by atoms with E-state index in [1.165, 1.54) is 0 Å². The second kappa shape index (κ2) is 1.26. The summed E-state index contributed by atoms with van der Waals surface area (Å²) < 4.78 is 0. The largest absolute Gasteiger partial charge is 0.308 e. The lowest BCUT2D eigenvalue weighted by Gasteiger charge is -1.87. The minimum Gasteiger partial charge on any atom is -0.308 e. The van der Waals surface area contributed by atoms with Crippen LogP contribution in [0.4, 0.5) is 0 Å². The SMILES string of the molecule is CC1=NCNN1. The van der Waals surface area contributed by atoms with Crippen LogP contribution in [-0.4, -0.2) is 12.5 Å². The number of hydrogen-bond acceptors (Lipinski definition) is 3. The van der Waals surface area contributed by atoms with Crippen LogP contribution in [0.5, 0.6) is 0 Å². The average Bonchev–Trinajstić information content (AvgIpc) is 1.86. The van der Waals surface area contributed by atoms with Crippen LogP contribution in [0.3, 0.4) is 0 Å². The van der Waals surface area contributed by atoms with Gasteiger partial charge in [0.25, 0.3) is 0 Å². The Hall–Kier alpha value is -0.570. The summed E-state index contributed by atoms with van der Waals surface area (Å²) in [6.45, 7) is 2.63. The van der Waals surface area contributed by atoms with E-state index in [-0.39, 0.29) is 0 Å². The van der Waals surface area contributed by atoms with Crippen molar-refractivity contribution in [1.29, 1.82) is 0 Å². The first-order valence-corrected chi connectivity index (χ1v) is 1.89. The number of amidine groups is 1. The topological polar surface area (TPSA) is 36.4 Å². The summed E-state index contributed by atoms with van der Waals surface area (Å²) >= 11 is 0. The van der Waals surface area contributed by atoms with Crippen LogP contribution in [-0.2, 0) is 0 Å². The number of hydrazine groups is 1. The van der Waals surface area contributed by atoms with Crippen molar-refractivity contribution in [1.82, 2.24) is 10.9 Å². The molecule has 0 saturated heterocycles. The fourth-order valence-electron chi connectivity index (χ4n) is 0.365. The van der Waals surface area contributed by atoms with E-state index in [0.717, 1.165) is 5.84 Å². The molecule has 0 fully saturated rings. The fourth-order valence-corrected chi connectivity index (χ4v) is 0.365. The minimum absolute atomic E-state index is 0.714. The first-order chi connectivity index (χ1) is 2.89. The van der Waals surface area contributed by atoms with E-state index in [1.807, 2.05) is 6.92 Å². The molecule has 1 rings (SSSR count). The molecule has 3 nitrogen and oxygen atoms in total. The van der Waals surface area contributed by atoms with Crippen molar-refractivity contribution >= 4 is 5.84 Å². The molecule has 1 aliphatic rings. The Kier molecular flexibility index (Phi) is 0.759. The molecule has 1 heterocycles. The highest BCUT2D eigenvalue weighted by molar-refractivity contribution is 5.79. The van der Waals surface area contributed by atoms with E-state index in [4.69, 9.17) is 0 Å². The van der Waals surface area contributed by atoms with Crippen LogP contribution >= 0.6 is 0 Å². The Labute approximate surface area is 36.4 Å². The molecule has 0 aliphatic carbocycles. The molecular weight excluding hydrogens is 78.1 g/mol. The van der Waals surface area contributed by atoms with E-state index in [1.54, 1.807) is 0 Å². The number of hydrogen-bond donors (Lipinski definition) is 2. The third kappa shape index (κ3) is 0.490. The third-order valence-corrected chi connectivity index (χ3v) is 0.665. The van der Waals surface area contributed by atoms with Gasteiger partial charge in [0.05, 0.1) is 0 Å². The van der Waals surface area contributed by atoms with Gasteiger partial charge in [-0.05, 0) is 6.92 Å². The molecule has 0 spiro atoms. The van der Waals surface area contributed by atoms with Gasteiger partial charge >= 0.3 is 0 Å². The summed E-state index contributed by atoms with van der Waals surface area (Å²) in [5.41, 5.74) is 5.64. The van der Waals surface area contributed by atoms with Gasteiger partial charge in [-0.15, -0.1) is 0 Å². The van der Waals surface area contributed by atoms with Crippen molar-refractivity contribution in [3.63, 3.8) is 0 Å². The van der Waals surface area contributed by atoms with E-state index in [0.29, 0.717) is 6.67 Å². The lowest BCUT2D eigenvalue weighted by molar-refractivity contribution is 0.726. The quantitative estimate of drug-likeness (QED) is 0.415. The van der Waals surface area contributed by atoms with Gasteiger partial charge in [0.2, 0.25) is 0 Å². The molecule has 3 heteroatoms. The van der Waals surface area contributed by atoms with Gasteiger partial charge in [0.1, 0.15) is 12.5 Å². The lowest BCUT2D eigenvalue weighted by Crippen LogP contribution is -2.27.